The van der Waals surface area contributed by atoms with Gasteiger partial charge in [-0.3, -0.25) is 0 Å². The minimum atomic E-state index is -2.01. The van der Waals surface area contributed by atoms with Crippen LogP contribution >= 0.6 is 0 Å². The Hall–Kier alpha value is -1.38. The lowest BCUT2D eigenvalue weighted by molar-refractivity contribution is 0.211. The molecule has 98 valence electrons. The van der Waals surface area contributed by atoms with Crippen molar-refractivity contribution in [1.29, 1.82) is 0 Å². The standard InChI is InChI=1S/C17H20OSi/c1-14-13-19(18-15(14)2,16-9-5-3-6-10-16)17-11-7-4-8-12-17/h3-12,14-15H,13H2,1-2H3/t14-,15-/m1/s1. The fraction of sp³-hybridized carbons (Fsp3) is 0.294. The third-order valence-corrected chi connectivity index (χ3v) is 8.80. The topological polar surface area (TPSA) is 9.23 Å². The van der Waals surface area contributed by atoms with E-state index in [1.54, 1.807) is 0 Å². The van der Waals surface area contributed by atoms with Crippen LogP contribution in [-0.4, -0.2) is 14.4 Å². The SMILES string of the molecule is C[C@@H]1C[Si](c2ccccc2)(c2ccccc2)O[C@@H]1C. The molecule has 2 atom stereocenters. The number of benzene rings is 2. The van der Waals surface area contributed by atoms with Crippen LogP contribution in [0.5, 0.6) is 0 Å². The van der Waals surface area contributed by atoms with Crippen LogP contribution in [0.4, 0.5) is 0 Å². The molecule has 0 saturated carbocycles. The molecule has 0 spiro atoms. The molecule has 1 fully saturated rings. The third-order valence-electron chi connectivity index (χ3n) is 4.28. The highest BCUT2D eigenvalue weighted by Gasteiger charge is 2.48. The smallest absolute Gasteiger partial charge is 0.256 e. The average molecular weight is 268 g/mol. The molecule has 0 radical (unpaired) electrons. The first-order valence-corrected chi connectivity index (χ1v) is 9.13. The largest absolute Gasteiger partial charge is 0.405 e. The van der Waals surface area contributed by atoms with Crippen LogP contribution in [0.1, 0.15) is 13.8 Å². The first kappa shape index (κ1) is 12.6. The van der Waals surface area contributed by atoms with Gasteiger partial charge in [-0.25, -0.2) is 0 Å². The number of hydrogen-bond acceptors (Lipinski definition) is 1. The van der Waals surface area contributed by atoms with Gasteiger partial charge < -0.3 is 4.43 Å². The Morgan fingerprint density at radius 3 is 1.68 bits per heavy atom. The second-order valence-corrected chi connectivity index (χ2v) is 9.02. The molecule has 0 N–H and O–H groups in total. The zero-order valence-corrected chi connectivity index (χ0v) is 12.5. The third kappa shape index (κ3) is 2.15. The summed E-state index contributed by atoms with van der Waals surface area (Å²) in [5.74, 6) is 0.632. The Kier molecular flexibility index (Phi) is 3.29. The molecule has 3 rings (SSSR count). The molecule has 0 aliphatic carbocycles. The maximum absolute atomic E-state index is 6.57. The van der Waals surface area contributed by atoms with Crippen molar-refractivity contribution < 1.29 is 4.43 Å². The average Bonchev–Trinajstić information content (AvgIpc) is 2.78. The lowest BCUT2D eigenvalue weighted by Crippen LogP contribution is -2.58. The van der Waals surface area contributed by atoms with Gasteiger partial charge in [0.1, 0.15) is 0 Å². The molecule has 0 bridgehead atoms. The van der Waals surface area contributed by atoms with E-state index in [4.69, 9.17) is 4.43 Å². The van der Waals surface area contributed by atoms with E-state index in [1.807, 2.05) is 0 Å². The zero-order valence-electron chi connectivity index (χ0n) is 11.5. The molecule has 2 heteroatoms. The predicted octanol–water partition coefficient (Wildman–Crippen LogP) is 2.80. The van der Waals surface area contributed by atoms with Crippen molar-refractivity contribution in [2.75, 3.05) is 0 Å². The van der Waals surface area contributed by atoms with Gasteiger partial charge in [0.2, 0.25) is 0 Å². The number of rotatable bonds is 2. The first-order chi connectivity index (χ1) is 9.22. The van der Waals surface area contributed by atoms with E-state index in [0.717, 1.165) is 0 Å². The Labute approximate surface area is 116 Å². The lowest BCUT2D eigenvalue weighted by Gasteiger charge is -2.27. The first-order valence-electron chi connectivity index (χ1n) is 7.01. The fourth-order valence-corrected chi connectivity index (χ4v) is 7.79. The van der Waals surface area contributed by atoms with Crippen molar-refractivity contribution in [2.45, 2.75) is 26.0 Å². The van der Waals surface area contributed by atoms with E-state index in [1.165, 1.54) is 16.4 Å². The molecular formula is C17H20OSi. The summed E-state index contributed by atoms with van der Waals surface area (Å²) in [4.78, 5) is 0. The molecule has 1 aliphatic rings. The molecule has 1 nitrogen and oxygen atoms in total. The second kappa shape index (κ2) is 4.95. The van der Waals surface area contributed by atoms with Gasteiger partial charge in [0, 0.05) is 6.10 Å². The van der Waals surface area contributed by atoms with Gasteiger partial charge in [-0.15, -0.1) is 0 Å². The van der Waals surface area contributed by atoms with E-state index in [0.29, 0.717) is 12.0 Å². The highest BCUT2D eigenvalue weighted by molar-refractivity contribution is 6.98. The quantitative estimate of drug-likeness (QED) is 0.761. The summed E-state index contributed by atoms with van der Waals surface area (Å²) in [6, 6.07) is 22.8. The van der Waals surface area contributed by atoms with E-state index in [2.05, 4.69) is 74.5 Å². The summed E-state index contributed by atoms with van der Waals surface area (Å²) in [6.07, 6.45) is 0.354. The van der Waals surface area contributed by atoms with Gasteiger partial charge in [0.25, 0.3) is 8.32 Å². The Balaban J connectivity index is 2.13. The van der Waals surface area contributed by atoms with Gasteiger partial charge in [-0.2, -0.15) is 0 Å². The van der Waals surface area contributed by atoms with Crippen molar-refractivity contribution in [3.8, 4) is 0 Å². The van der Waals surface area contributed by atoms with Crippen molar-refractivity contribution in [3.63, 3.8) is 0 Å². The highest BCUT2D eigenvalue weighted by Crippen LogP contribution is 2.32. The molecule has 2 aromatic carbocycles. The molecular weight excluding hydrogens is 248 g/mol. The van der Waals surface area contributed by atoms with Crippen LogP contribution in [0.2, 0.25) is 6.04 Å². The maximum Gasteiger partial charge on any atom is 0.256 e. The van der Waals surface area contributed by atoms with Gasteiger partial charge in [-0.1, -0.05) is 67.6 Å². The summed E-state index contributed by atoms with van der Waals surface area (Å²) in [5, 5.41) is 2.80. The Bertz CT molecular complexity index is 486. The second-order valence-electron chi connectivity index (χ2n) is 5.56. The van der Waals surface area contributed by atoms with Crippen molar-refractivity contribution >= 4 is 18.7 Å². The van der Waals surface area contributed by atoms with E-state index in [9.17, 15) is 0 Å². The van der Waals surface area contributed by atoms with Crippen LogP contribution in [0.3, 0.4) is 0 Å². The predicted molar refractivity (Wildman–Crippen MR) is 82.4 cm³/mol. The Morgan fingerprint density at radius 1 is 0.842 bits per heavy atom. The van der Waals surface area contributed by atoms with E-state index >= 15 is 0 Å². The molecule has 1 heterocycles. The fourth-order valence-electron chi connectivity index (χ4n) is 3.05. The molecule has 1 aliphatic heterocycles. The van der Waals surface area contributed by atoms with Gasteiger partial charge >= 0.3 is 0 Å². The van der Waals surface area contributed by atoms with Crippen LogP contribution in [0, 0.1) is 5.92 Å². The van der Waals surface area contributed by atoms with Crippen LogP contribution < -0.4 is 10.4 Å². The monoisotopic (exact) mass is 268 g/mol. The summed E-state index contributed by atoms with van der Waals surface area (Å²) in [5.41, 5.74) is 0. The Morgan fingerprint density at radius 2 is 1.32 bits per heavy atom. The van der Waals surface area contributed by atoms with Crippen molar-refractivity contribution in [1.82, 2.24) is 0 Å². The molecule has 0 unspecified atom stereocenters. The summed E-state index contributed by atoms with van der Waals surface area (Å²) < 4.78 is 6.57. The summed E-state index contributed by atoms with van der Waals surface area (Å²) >= 11 is 0. The molecule has 1 saturated heterocycles. The maximum atomic E-state index is 6.57. The van der Waals surface area contributed by atoms with Crippen LogP contribution in [-0.2, 0) is 4.43 Å². The van der Waals surface area contributed by atoms with Gasteiger partial charge in [-0.05, 0) is 29.3 Å². The van der Waals surface area contributed by atoms with Gasteiger partial charge in [0.15, 0.2) is 0 Å². The minimum absolute atomic E-state index is 0.354. The minimum Gasteiger partial charge on any atom is -0.405 e. The molecule has 0 aromatic heterocycles. The van der Waals surface area contributed by atoms with Gasteiger partial charge in [0.05, 0.1) is 0 Å². The summed E-state index contributed by atoms with van der Waals surface area (Å²) in [7, 11) is -2.01. The number of hydrogen-bond donors (Lipinski definition) is 0. The van der Waals surface area contributed by atoms with Crippen molar-refractivity contribution in [2.24, 2.45) is 5.92 Å². The summed E-state index contributed by atoms with van der Waals surface area (Å²) in [6.45, 7) is 4.52. The van der Waals surface area contributed by atoms with Crippen molar-refractivity contribution in [3.05, 3.63) is 60.7 Å². The van der Waals surface area contributed by atoms with E-state index in [-0.39, 0.29) is 0 Å². The van der Waals surface area contributed by atoms with Crippen LogP contribution in [0.15, 0.2) is 60.7 Å². The highest BCUT2D eigenvalue weighted by atomic mass is 28.4. The lowest BCUT2D eigenvalue weighted by atomic mass is 10.1. The molecule has 2 aromatic rings. The van der Waals surface area contributed by atoms with Crippen LogP contribution in [0.25, 0.3) is 0 Å². The molecule has 0 amide bonds. The zero-order chi connectivity index (χ0) is 13.3. The van der Waals surface area contributed by atoms with E-state index < -0.39 is 8.32 Å². The molecule has 19 heavy (non-hydrogen) atoms. The normalized spacial score (nSPS) is 25.4.